The molecule has 0 unspecified atom stereocenters. The molecule has 2 aromatic rings. The number of halogens is 2. The number of aromatic nitrogens is 2. The van der Waals surface area contributed by atoms with Crippen LogP contribution in [0, 0.1) is 0 Å². The lowest BCUT2D eigenvalue weighted by molar-refractivity contribution is -0.143. The van der Waals surface area contributed by atoms with E-state index < -0.39 is 5.97 Å². The molecule has 26 heavy (non-hydrogen) atoms. The van der Waals surface area contributed by atoms with E-state index in [2.05, 4.69) is 9.97 Å². The Kier molecular flexibility index (Phi) is 10.3. The van der Waals surface area contributed by atoms with Crippen LogP contribution in [0.1, 0.15) is 30.9 Å². The van der Waals surface area contributed by atoms with Crippen molar-refractivity contribution in [2.45, 2.75) is 32.6 Å². The van der Waals surface area contributed by atoms with Crippen LogP contribution >= 0.6 is 23.2 Å². The van der Waals surface area contributed by atoms with Gasteiger partial charge in [0.15, 0.2) is 0 Å². The number of carbonyl (C=O) groups is 2. The smallest absolute Gasteiger partial charge is 0.306 e. The number of carboxylic acids is 1. The van der Waals surface area contributed by atoms with Gasteiger partial charge in [-0.15, -0.1) is 0 Å². The fraction of sp³-hybridized carbons (Fsp3) is 0.333. The Balaban J connectivity index is 0.000000263. The van der Waals surface area contributed by atoms with Crippen LogP contribution in [-0.2, 0) is 27.2 Å². The SMILES string of the molecule is CCOC(=O)CCc1cccnc1Cl.O=C(O)CCc1cccnc1Cl. The summed E-state index contributed by atoms with van der Waals surface area (Å²) in [7, 11) is 0. The van der Waals surface area contributed by atoms with E-state index >= 15 is 0 Å². The first-order valence-electron chi connectivity index (χ1n) is 8.00. The van der Waals surface area contributed by atoms with Crippen molar-refractivity contribution in [3.63, 3.8) is 0 Å². The van der Waals surface area contributed by atoms with Crippen LogP contribution in [-0.4, -0.2) is 33.6 Å². The summed E-state index contributed by atoms with van der Waals surface area (Å²) in [6, 6.07) is 7.17. The van der Waals surface area contributed by atoms with Gasteiger partial charge >= 0.3 is 11.9 Å². The first kappa shape index (κ1) is 21.9. The summed E-state index contributed by atoms with van der Waals surface area (Å²) in [5.41, 5.74) is 1.66. The van der Waals surface area contributed by atoms with Crippen molar-refractivity contribution in [1.29, 1.82) is 0 Å². The summed E-state index contributed by atoms with van der Waals surface area (Å²) in [4.78, 5) is 29.0. The monoisotopic (exact) mass is 398 g/mol. The molecule has 0 saturated heterocycles. The molecule has 140 valence electrons. The van der Waals surface area contributed by atoms with E-state index in [4.69, 9.17) is 33.0 Å². The molecule has 8 heteroatoms. The molecule has 0 atom stereocenters. The number of ether oxygens (including phenoxy) is 1. The third-order valence-electron chi connectivity index (χ3n) is 3.18. The van der Waals surface area contributed by atoms with Crippen LogP contribution in [0.2, 0.25) is 10.3 Å². The highest BCUT2D eigenvalue weighted by Crippen LogP contribution is 2.14. The van der Waals surface area contributed by atoms with Gasteiger partial charge in [-0.05, 0) is 43.0 Å². The van der Waals surface area contributed by atoms with Crippen molar-refractivity contribution in [3.8, 4) is 0 Å². The normalized spacial score (nSPS) is 9.81. The number of nitrogens with zero attached hydrogens (tertiary/aromatic N) is 2. The van der Waals surface area contributed by atoms with Crippen LogP contribution in [0.25, 0.3) is 0 Å². The van der Waals surface area contributed by atoms with Gasteiger partial charge in [-0.2, -0.15) is 0 Å². The van der Waals surface area contributed by atoms with Gasteiger partial charge in [0.2, 0.25) is 0 Å². The molecule has 0 aromatic carbocycles. The number of carboxylic acid groups (broad SMARTS) is 1. The number of hydrogen-bond donors (Lipinski definition) is 1. The van der Waals surface area contributed by atoms with Gasteiger partial charge in [-0.1, -0.05) is 35.3 Å². The largest absolute Gasteiger partial charge is 0.481 e. The second-order valence-electron chi connectivity index (χ2n) is 5.11. The number of aliphatic carboxylic acids is 1. The number of aryl methyl sites for hydroxylation is 2. The summed E-state index contributed by atoms with van der Waals surface area (Å²) < 4.78 is 4.80. The van der Waals surface area contributed by atoms with E-state index in [9.17, 15) is 9.59 Å². The molecule has 0 bridgehead atoms. The lowest BCUT2D eigenvalue weighted by atomic mass is 10.1. The number of pyridine rings is 2. The third kappa shape index (κ3) is 8.78. The zero-order valence-corrected chi connectivity index (χ0v) is 15.8. The predicted octanol–water partition coefficient (Wildman–Crippen LogP) is 3.98. The summed E-state index contributed by atoms with van der Waals surface area (Å²) >= 11 is 11.5. The molecular formula is C18H20Cl2N2O4. The van der Waals surface area contributed by atoms with Crippen molar-refractivity contribution in [3.05, 3.63) is 58.1 Å². The van der Waals surface area contributed by atoms with Crippen molar-refractivity contribution >= 4 is 35.1 Å². The van der Waals surface area contributed by atoms with E-state index in [0.29, 0.717) is 36.2 Å². The van der Waals surface area contributed by atoms with Crippen LogP contribution in [0.5, 0.6) is 0 Å². The Hall–Kier alpha value is -2.18. The molecule has 0 fully saturated rings. The van der Waals surface area contributed by atoms with Gasteiger partial charge in [-0.3, -0.25) is 9.59 Å². The molecule has 2 rings (SSSR count). The quantitative estimate of drug-likeness (QED) is 0.560. The predicted molar refractivity (Wildman–Crippen MR) is 99.4 cm³/mol. The Morgan fingerprint density at radius 1 is 1.00 bits per heavy atom. The third-order valence-corrected chi connectivity index (χ3v) is 3.87. The number of carbonyl (C=O) groups excluding carboxylic acids is 1. The Morgan fingerprint density at radius 2 is 1.50 bits per heavy atom. The average Bonchev–Trinajstić information content (AvgIpc) is 2.61. The topological polar surface area (TPSA) is 89.4 Å². The molecule has 6 nitrogen and oxygen atoms in total. The molecule has 0 aliphatic heterocycles. The molecular weight excluding hydrogens is 379 g/mol. The standard InChI is InChI=1S/C10H12ClNO2.C8H8ClNO2/c1-2-14-9(13)6-5-8-4-3-7-12-10(8)11;9-8-6(2-1-5-10-8)3-4-7(11)12/h3-4,7H,2,5-6H2,1H3;1-2,5H,3-4H2,(H,11,12). The summed E-state index contributed by atoms with van der Waals surface area (Å²) in [5.74, 6) is -1.03. The number of rotatable bonds is 7. The van der Waals surface area contributed by atoms with Gasteiger partial charge in [0.25, 0.3) is 0 Å². The molecule has 2 heterocycles. The number of hydrogen-bond acceptors (Lipinski definition) is 5. The molecule has 0 amide bonds. The minimum atomic E-state index is -0.824. The van der Waals surface area contributed by atoms with Crippen molar-refractivity contribution in [2.75, 3.05) is 6.61 Å². The molecule has 0 radical (unpaired) electrons. The lowest BCUT2D eigenvalue weighted by Crippen LogP contribution is -2.05. The highest BCUT2D eigenvalue weighted by atomic mass is 35.5. The van der Waals surface area contributed by atoms with Crippen molar-refractivity contribution in [2.24, 2.45) is 0 Å². The number of esters is 1. The zero-order chi connectivity index (χ0) is 19.4. The van der Waals surface area contributed by atoms with Gasteiger partial charge < -0.3 is 9.84 Å². The van der Waals surface area contributed by atoms with Crippen LogP contribution in [0.15, 0.2) is 36.7 Å². The fourth-order valence-electron chi connectivity index (χ4n) is 1.92. The minimum absolute atomic E-state index is 0.0887. The first-order valence-corrected chi connectivity index (χ1v) is 8.75. The molecule has 2 aromatic heterocycles. The Morgan fingerprint density at radius 3 is 1.92 bits per heavy atom. The second kappa shape index (κ2) is 12.2. The van der Waals surface area contributed by atoms with E-state index in [1.165, 1.54) is 0 Å². The molecule has 0 spiro atoms. The van der Waals surface area contributed by atoms with E-state index in [1.807, 2.05) is 6.07 Å². The van der Waals surface area contributed by atoms with E-state index in [-0.39, 0.29) is 12.4 Å². The summed E-state index contributed by atoms with van der Waals surface area (Å²) in [6.07, 6.45) is 4.64. The van der Waals surface area contributed by atoms with Crippen LogP contribution in [0.4, 0.5) is 0 Å². The van der Waals surface area contributed by atoms with Gasteiger partial charge in [0, 0.05) is 25.2 Å². The Bertz CT molecular complexity index is 726. The highest BCUT2D eigenvalue weighted by Gasteiger charge is 2.05. The van der Waals surface area contributed by atoms with Crippen molar-refractivity contribution < 1.29 is 19.4 Å². The van der Waals surface area contributed by atoms with Crippen LogP contribution in [0.3, 0.4) is 0 Å². The van der Waals surface area contributed by atoms with E-state index in [1.54, 1.807) is 37.5 Å². The van der Waals surface area contributed by atoms with E-state index in [0.717, 1.165) is 11.1 Å². The van der Waals surface area contributed by atoms with Crippen molar-refractivity contribution in [1.82, 2.24) is 9.97 Å². The van der Waals surface area contributed by atoms with Crippen LogP contribution < -0.4 is 0 Å². The Labute approximate surface area is 162 Å². The molecule has 1 N–H and O–H groups in total. The fourth-order valence-corrected chi connectivity index (χ4v) is 2.35. The average molecular weight is 399 g/mol. The summed E-state index contributed by atoms with van der Waals surface area (Å²) in [6.45, 7) is 2.20. The van der Waals surface area contributed by atoms with Gasteiger partial charge in [-0.25, -0.2) is 9.97 Å². The second-order valence-corrected chi connectivity index (χ2v) is 5.82. The maximum absolute atomic E-state index is 11.0. The molecule has 0 aliphatic carbocycles. The molecule has 0 aliphatic rings. The lowest BCUT2D eigenvalue weighted by Gasteiger charge is -2.02. The maximum atomic E-state index is 11.0. The maximum Gasteiger partial charge on any atom is 0.306 e. The first-order chi connectivity index (χ1) is 12.4. The summed E-state index contributed by atoms with van der Waals surface area (Å²) in [5, 5.41) is 9.25. The highest BCUT2D eigenvalue weighted by molar-refractivity contribution is 6.30. The van der Waals surface area contributed by atoms with Gasteiger partial charge in [0.05, 0.1) is 6.61 Å². The molecule has 0 saturated carbocycles. The van der Waals surface area contributed by atoms with Gasteiger partial charge in [0.1, 0.15) is 10.3 Å². The zero-order valence-electron chi connectivity index (χ0n) is 14.3. The minimum Gasteiger partial charge on any atom is -0.481 e.